The third-order valence-electron chi connectivity index (χ3n) is 3.68. The Balaban J connectivity index is 1.98. The summed E-state index contributed by atoms with van der Waals surface area (Å²) in [6.45, 7) is -1.78. The first-order valence-electron chi connectivity index (χ1n) is 7.24. The predicted molar refractivity (Wildman–Crippen MR) is 74.0 cm³/mol. The summed E-state index contributed by atoms with van der Waals surface area (Å²) in [5.74, 6) is -2.36. The van der Waals surface area contributed by atoms with Gasteiger partial charge in [-0.05, 0) is 17.7 Å². The molecule has 138 valence electrons. The summed E-state index contributed by atoms with van der Waals surface area (Å²) in [7, 11) is 0. The Morgan fingerprint density at radius 2 is 1.88 bits per heavy atom. The zero-order chi connectivity index (χ0) is 18.8. The molecule has 1 unspecified atom stereocenters. The largest absolute Gasteiger partial charge is 0.416 e. The molecular weight excluding hydrogens is 354 g/mol. The van der Waals surface area contributed by atoms with E-state index in [0.717, 1.165) is 17.0 Å². The van der Waals surface area contributed by atoms with E-state index in [1.54, 1.807) is 5.32 Å². The van der Waals surface area contributed by atoms with Crippen molar-refractivity contribution in [1.29, 1.82) is 0 Å². The van der Waals surface area contributed by atoms with Crippen LogP contribution in [0.15, 0.2) is 24.3 Å². The van der Waals surface area contributed by atoms with Gasteiger partial charge < -0.3 is 10.2 Å². The van der Waals surface area contributed by atoms with E-state index in [0.29, 0.717) is 0 Å². The SMILES string of the molecule is O=C(NCC(F)(F)F)C1CC(=O)N(Cc2cccc(C(F)(F)F)c2)C1. The first-order valence-corrected chi connectivity index (χ1v) is 7.24. The summed E-state index contributed by atoms with van der Waals surface area (Å²) >= 11 is 0. The second-order valence-corrected chi connectivity index (χ2v) is 5.71. The third-order valence-corrected chi connectivity index (χ3v) is 3.68. The predicted octanol–water partition coefficient (Wildman–Crippen LogP) is 2.73. The van der Waals surface area contributed by atoms with E-state index in [9.17, 15) is 35.9 Å². The zero-order valence-corrected chi connectivity index (χ0v) is 12.7. The average Bonchev–Trinajstić information content (AvgIpc) is 2.85. The van der Waals surface area contributed by atoms with Crippen LogP contribution in [0.2, 0.25) is 0 Å². The molecule has 0 saturated carbocycles. The van der Waals surface area contributed by atoms with Gasteiger partial charge in [0.1, 0.15) is 6.54 Å². The minimum absolute atomic E-state index is 0.140. The maximum atomic E-state index is 12.7. The van der Waals surface area contributed by atoms with Gasteiger partial charge in [0, 0.05) is 19.5 Å². The normalized spacial score (nSPS) is 18.6. The number of likely N-dealkylation sites (tertiary alicyclic amines) is 1. The molecule has 2 amide bonds. The highest BCUT2D eigenvalue weighted by Gasteiger charge is 2.36. The van der Waals surface area contributed by atoms with Gasteiger partial charge in [-0.3, -0.25) is 9.59 Å². The zero-order valence-electron chi connectivity index (χ0n) is 12.7. The number of hydrogen-bond donors (Lipinski definition) is 1. The Bertz CT molecular complexity index is 656. The highest BCUT2D eigenvalue weighted by atomic mass is 19.4. The van der Waals surface area contributed by atoms with E-state index in [1.165, 1.54) is 12.1 Å². The molecule has 1 atom stereocenters. The summed E-state index contributed by atoms with van der Waals surface area (Å²) in [4.78, 5) is 24.7. The van der Waals surface area contributed by atoms with Gasteiger partial charge in [-0.2, -0.15) is 26.3 Å². The van der Waals surface area contributed by atoms with Gasteiger partial charge in [0.2, 0.25) is 11.8 Å². The second kappa shape index (κ2) is 6.93. The first kappa shape index (κ1) is 19.1. The number of amides is 2. The molecule has 2 rings (SSSR count). The average molecular weight is 368 g/mol. The Kier molecular flexibility index (Phi) is 5.28. The van der Waals surface area contributed by atoms with E-state index in [2.05, 4.69) is 0 Å². The third kappa shape index (κ3) is 5.36. The van der Waals surface area contributed by atoms with E-state index >= 15 is 0 Å². The van der Waals surface area contributed by atoms with Crippen molar-refractivity contribution in [2.45, 2.75) is 25.3 Å². The maximum absolute atomic E-state index is 12.7. The van der Waals surface area contributed by atoms with Crippen molar-refractivity contribution in [3.05, 3.63) is 35.4 Å². The summed E-state index contributed by atoms with van der Waals surface area (Å²) in [6.07, 6.45) is -9.36. The van der Waals surface area contributed by atoms with Gasteiger partial charge in [-0.15, -0.1) is 0 Å². The van der Waals surface area contributed by atoms with Crippen LogP contribution in [0.3, 0.4) is 0 Å². The lowest BCUT2D eigenvalue weighted by molar-refractivity contribution is -0.140. The summed E-state index contributed by atoms with van der Waals surface area (Å²) in [6, 6.07) is 4.39. The smallest absolute Gasteiger partial charge is 0.347 e. The number of carbonyl (C=O) groups is 2. The van der Waals surface area contributed by atoms with Gasteiger partial charge in [-0.1, -0.05) is 12.1 Å². The molecule has 10 heteroatoms. The molecule has 0 radical (unpaired) electrons. The molecule has 0 aromatic heterocycles. The van der Waals surface area contributed by atoms with Crippen LogP contribution >= 0.6 is 0 Å². The molecule has 1 heterocycles. The fourth-order valence-corrected chi connectivity index (χ4v) is 2.50. The van der Waals surface area contributed by atoms with Crippen molar-refractivity contribution in [1.82, 2.24) is 10.2 Å². The molecule has 1 aliphatic rings. The quantitative estimate of drug-likeness (QED) is 0.831. The van der Waals surface area contributed by atoms with Crippen LogP contribution < -0.4 is 5.32 Å². The molecule has 1 aromatic carbocycles. The van der Waals surface area contributed by atoms with Gasteiger partial charge in [0.25, 0.3) is 0 Å². The van der Waals surface area contributed by atoms with Crippen LogP contribution in [-0.4, -0.2) is 36.0 Å². The number of nitrogens with zero attached hydrogens (tertiary/aromatic N) is 1. The van der Waals surface area contributed by atoms with Crippen LogP contribution in [-0.2, 0) is 22.3 Å². The minimum Gasteiger partial charge on any atom is -0.347 e. The number of benzene rings is 1. The van der Waals surface area contributed by atoms with Crippen LogP contribution in [0.4, 0.5) is 26.3 Å². The van der Waals surface area contributed by atoms with Crippen molar-refractivity contribution in [3.8, 4) is 0 Å². The van der Waals surface area contributed by atoms with Gasteiger partial charge in [0.15, 0.2) is 0 Å². The Morgan fingerprint density at radius 3 is 2.48 bits per heavy atom. The molecule has 0 bridgehead atoms. The molecule has 4 nitrogen and oxygen atoms in total. The van der Waals surface area contributed by atoms with Crippen LogP contribution in [0.1, 0.15) is 17.5 Å². The number of alkyl halides is 6. The summed E-state index contributed by atoms with van der Waals surface area (Å²) in [5.41, 5.74) is -0.643. The maximum Gasteiger partial charge on any atom is 0.416 e. The first-order chi connectivity index (χ1) is 11.5. The standard InChI is InChI=1S/C15H14F6N2O2/c16-14(17,18)8-22-13(25)10-5-12(24)23(7-10)6-9-2-1-3-11(4-9)15(19,20)21/h1-4,10H,5-8H2,(H,22,25). The summed E-state index contributed by atoms with van der Waals surface area (Å²) < 4.78 is 74.3. The number of hydrogen-bond acceptors (Lipinski definition) is 2. The monoisotopic (exact) mass is 368 g/mol. The fourth-order valence-electron chi connectivity index (χ4n) is 2.50. The Labute approximate surface area is 138 Å². The molecule has 1 fully saturated rings. The van der Waals surface area contributed by atoms with Crippen LogP contribution in [0.5, 0.6) is 0 Å². The molecule has 0 spiro atoms. The number of halogens is 6. The van der Waals surface area contributed by atoms with E-state index in [1.807, 2.05) is 0 Å². The van der Waals surface area contributed by atoms with E-state index in [-0.39, 0.29) is 25.1 Å². The van der Waals surface area contributed by atoms with Crippen molar-refractivity contribution >= 4 is 11.8 Å². The van der Waals surface area contributed by atoms with E-state index < -0.39 is 42.2 Å². The van der Waals surface area contributed by atoms with Crippen LogP contribution in [0.25, 0.3) is 0 Å². The number of nitrogens with one attached hydrogen (secondary N) is 1. The lowest BCUT2D eigenvalue weighted by Crippen LogP contribution is -2.38. The van der Waals surface area contributed by atoms with Crippen molar-refractivity contribution in [2.24, 2.45) is 5.92 Å². The van der Waals surface area contributed by atoms with Gasteiger partial charge >= 0.3 is 12.4 Å². The molecule has 1 saturated heterocycles. The van der Waals surface area contributed by atoms with Gasteiger partial charge in [-0.25, -0.2) is 0 Å². The second-order valence-electron chi connectivity index (χ2n) is 5.71. The summed E-state index contributed by atoms with van der Waals surface area (Å²) in [5, 5.41) is 1.71. The highest BCUT2D eigenvalue weighted by Crippen LogP contribution is 2.30. The van der Waals surface area contributed by atoms with Gasteiger partial charge in [0.05, 0.1) is 11.5 Å². The van der Waals surface area contributed by atoms with Crippen molar-refractivity contribution in [3.63, 3.8) is 0 Å². The van der Waals surface area contributed by atoms with E-state index in [4.69, 9.17) is 0 Å². The molecule has 1 N–H and O–H groups in total. The fraction of sp³-hybridized carbons (Fsp3) is 0.467. The number of carbonyl (C=O) groups excluding carboxylic acids is 2. The lowest BCUT2D eigenvalue weighted by atomic mass is 10.1. The Morgan fingerprint density at radius 1 is 1.20 bits per heavy atom. The molecule has 1 aromatic rings. The topological polar surface area (TPSA) is 49.4 Å². The molecule has 25 heavy (non-hydrogen) atoms. The molecule has 1 aliphatic heterocycles. The number of rotatable bonds is 4. The van der Waals surface area contributed by atoms with Crippen LogP contribution in [0, 0.1) is 5.92 Å². The minimum atomic E-state index is -4.56. The lowest BCUT2D eigenvalue weighted by Gasteiger charge is -2.18. The molecule has 0 aliphatic carbocycles. The Hall–Kier alpha value is -2.26. The van der Waals surface area contributed by atoms with Crippen molar-refractivity contribution in [2.75, 3.05) is 13.1 Å². The molecular formula is C15H14F6N2O2. The highest BCUT2D eigenvalue weighted by molar-refractivity contribution is 5.89. The van der Waals surface area contributed by atoms with Crippen molar-refractivity contribution < 1.29 is 35.9 Å².